The van der Waals surface area contributed by atoms with Gasteiger partial charge in [-0.1, -0.05) is 13.8 Å². The number of ether oxygens (including phenoxy) is 1. The molecule has 0 unspecified atom stereocenters. The van der Waals surface area contributed by atoms with Crippen LogP contribution in [0.25, 0.3) is 0 Å². The Morgan fingerprint density at radius 1 is 1.53 bits per heavy atom. The Labute approximate surface area is 91.7 Å². The minimum absolute atomic E-state index is 0.0767. The number of ketones is 1. The fourth-order valence-corrected chi connectivity index (χ4v) is 3.01. The lowest BCUT2D eigenvalue weighted by Crippen LogP contribution is -2.27. The zero-order chi connectivity index (χ0) is 11.1. The second-order valence-electron chi connectivity index (χ2n) is 5.46. The molecule has 2 aliphatic rings. The van der Waals surface area contributed by atoms with Gasteiger partial charge in [-0.3, -0.25) is 4.79 Å². The Morgan fingerprint density at radius 3 is 2.93 bits per heavy atom. The molecule has 84 valence electrons. The molecule has 0 bridgehead atoms. The van der Waals surface area contributed by atoms with Crippen molar-refractivity contribution in [2.24, 2.45) is 5.41 Å². The lowest BCUT2D eigenvalue weighted by atomic mass is 9.71. The Hall–Kier alpha value is -0.630. The summed E-state index contributed by atoms with van der Waals surface area (Å²) in [5, 5.41) is 0. The van der Waals surface area contributed by atoms with Crippen molar-refractivity contribution in [2.45, 2.75) is 52.6 Å². The molecule has 1 aliphatic carbocycles. The summed E-state index contributed by atoms with van der Waals surface area (Å²) < 4.78 is 5.75. The van der Waals surface area contributed by atoms with Gasteiger partial charge in [-0.2, -0.15) is 0 Å². The normalized spacial score (nSPS) is 29.1. The van der Waals surface area contributed by atoms with Crippen LogP contribution in [-0.2, 0) is 9.53 Å². The predicted molar refractivity (Wildman–Crippen MR) is 59.7 cm³/mol. The molecule has 0 aromatic heterocycles. The third kappa shape index (κ3) is 2.00. The average molecular weight is 208 g/mol. The summed E-state index contributed by atoms with van der Waals surface area (Å²) in [5.41, 5.74) is 3.14. The molecule has 0 radical (unpaired) electrons. The van der Waals surface area contributed by atoms with Gasteiger partial charge in [-0.25, -0.2) is 0 Å². The van der Waals surface area contributed by atoms with Gasteiger partial charge >= 0.3 is 0 Å². The molecule has 2 nitrogen and oxygen atoms in total. The van der Waals surface area contributed by atoms with Gasteiger partial charge in [-0.05, 0) is 42.7 Å². The average Bonchev–Trinajstić information content (AvgIpc) is 2.48. The standard InChI is InChI=1S/C13H20O2/c1-9(14)7-11-12-10(8-15-11)5-4-6-13(12,2)3/h11H,4-8H2,1-3H3/t11-/m0/s1. The van der Waals surface area contributed by atoms with Crippen LogP contribution in [0.15, 0.2) is 11.1 Å². The van der Waals surface area contributed by atoms with Gasteiger partial charge in [0.25, 0.3) is 0 Å². The highest BCUT2D eigenvalue weighted by molar-refractivity contribution is 5.76. The van der Waals surface area contributed by atoms with Crippen LogP contribution in [0.1, 0.15) is 46.5 Å². The van der Waals surface area contributed by atoms with Crippen LogP contribution in [-0.4, -0.2) is 18.5 Å². The molecule has 0 aromatic rings. The van der Waals surface area contributed by atoms with E-state index in [-0.39, 0.29) is 17.3 Å². The van der Waals surface area contributed by atoms with E-state index in [2.05, 4.69) is 13.8 Å². The Bertz CT molecular complexity index is 312. The molecule has 0 saturated carbocycles. The van der Waals surface area contributed by atoms with Gasteiger partial charge < -0.3 is 4.74 Å². The van der Waals surface area contributed by atoms with Crippen LogP contribution in [0.5, 0.6) is 0 Å². The van der Waals surface area contributed by atoms with Crippen LogP contribution in [0.4, 0.5) is 0 Å². The first kappa shape index (κ1) is 10.9. The van der Waals surface area contributed by atoms with Crippen molar-refractivity contribution in [3.05, 3.63) is 11.1 Å². The second-order valence-corrected chi connectivity index (χ2v) is 5.46. The predicted octanol–water partition coefficient (Wildman–Crippen LogP) is 2.87. The van der Waals surface area contributed by atoms with Crippen molar-refractivity contribution in [2.75, 3.05) is 6.61 Å². The maximum atomic E-state index is 11.2. The van der Waals surface area contributed by atoms with Crippen molar-refractivity contribution in [1.82, 2.24) is 0 Å². The van der Waals surface area contributed by atoms with Gasteiger partial charge in [-0.15, -0.1) is 0 Å². The summed E-state index contributed by atoms with van der Waals surface area (Å²) in [5.74, 6) is 0.232. The molecule has 0 saturated heterocycles. The van der Waals surface area contributed by atoms with Crippen LogP contribution < -0.4 is 0 Å². The van der Waals surface area contributed by atoms with E-state index in [0.29, 0.717) is 6.42 Å². The highest BCUT2D eigenvalue weighted by atomic mass is 16.5. The number of Topliss-reactive ketones (excluding diaryl/α,β-unsaturated/α-hetero) is 1. The highest BCUT2D eigenvalue weighted by Gasteiger charge is 2.39. The summed E-state index contributed by atoms with van der Waals surface area (Å²) in [7, 11) is 0. The van der Waals surface area contributed by atoms with Gasteiger partial charge in [0.05, 0.1) is 12.7 Å². The first-order valence-electron chi connectivity index (χ1n) is 5.84. The van der Waals surface area contributed by atoms with E-state index in [4.69, 9.17) is 4.74 Å². The van der Waals surface area contributed by atoms with Crippen molar-refractivity contribution in [1.29, 1.82) is 0 Å². The SMILES string of the molecule is CC(=O)C[C@@H]1OCC2=C1C(C)(C)CCC2. The molecule has 0 N–H and O–H groups in total. The number of hydrogen-bond donors (Lipinski definition) is 0. The zero-order valence-corrected chi connectivity index (χ0v) is 9.93. The van der Waals surface area contributed by atoms with Crippen LogP contribution in [0, 0.1) is 5.41 Å². The molecule has 0 spiro atoms. The third-order valence-electron chi connectivity index (χ3n) is 3.64. The molecule has 0 aromatic carbocycles. The zero-order valence-electron chi connectivity index (χ0n) is 9.93. The smallest absolute Gasteiger partial charge is 0.132 e. The van der Waals surface area contributed by atoms with Crippen LogP contribution in [0.2, 0.25) is 0 Å². The van der Waals surface area contributed by atoms with E-state index >= 15 is 0 Å². The Morgan fingerprint density at radius 2 is 2.27 bits per heavy atom. The van der Waals surface area contributed by atoms with Gasteiger partial charge in [0.15, 0.2) is 0 Å². The van der Waals surface area contributed by atoms with Crippen molar-refractivity contribution >= 4 is 5.78 Å². The fourth-order valence-electron chi connectivity index (χ4n) is 3.01. The largest absolute Gasteiger partial charge is 0.369 e. The van der Waals surface area contributed by atoms with Gasteiger partial charge in [0, 0.05) is 6.42 Å². The third-order valence-corrected chi connectivity index (χ3v) is 3.64. The summed E-state index contributed by atoms with van der Waals surface area (Å²) in [4.78, 5) is 11.2. The number of carbonyl (C=O) groups is 1. The maximum absolute atomic E-state index is 11.2. The van der Waals surface area contributed by atoms with Crippen molar-refractivity contribution in [3.8, 4) is 0 Å². The van der Waals surface area contributed by atoms with Gasteiger partial charge in [0.1, 0.15) is 5.78 Å². The summed E-state index contributed by atoms with van der Waals surface area (Å²) in [6.07, 6.45) is 4.30. The lowest BCUT2D eigenvalue weighted by molar-refractivity contribution is -0.118. The second kappa shape index (κ2) is 3.75. The molecule has 1 atom stereocenters. The van der Waals surface area contributed by atoms with Gasteiger partial charge in [0.2, 0.25) is 0 Å². The minimum Gasteiger partial charge on any atom is -0.369 e. The van der Waals surface area contributed by atoms with E-state index in [9.17, 15) is 4.79 Å². The Kier molecular flexibility index (Phi) is 2.72. The lowest BCUT2D eigenvalue weighted by Gasteiger charge is -2.34. The minimum atomic E-state index is 0.0767. The highest BCUT2D eigenvalue weighted by Crippen LogP contribution is 2.46. The summed E-state index contributed by atoms with van der Waals surface area (Å²) in [6.45, 7) is 6.97. The molecule has 1 heterocycles. The fraction of sp³-hybridized carbons (Fsp3) is 0.769. The molecular formula is C13H20O2. The van der Waals surface area contributed by atoms with Crippen LogP contribution >= 0.6 is 0 Å². The molecule has 2 rings (SSSR count). The van der Waals surface area contributed by atoms with Crippen molar-refractivity contribution in [3.63, 3.8) is 0 Å². The van der Waals surface area contributed by atoms with E-state index in [1.807, 2.05) is 0 Å². The quantitative estimate of drug-likeness (QED) is 0.652. The summed E-state index contributed by atoms with van der Waals surface area (Å²) >= 11 is 0. The number of carbonyl (C=O) groups excluding carboxylic acids is 1. The molecule has 0 amide bonds. The van der Waals surface area contributed by atoms with E-state index in [1.54, 1.807) is 6.92 Å². The Balaban J connectivity index is 2.24. The number of rotatable bonds is 2. The van der Waals surface area contributed by atoms with E-state index < -0.39 is 0 Å². The molecule has 0 fully saturated rings. The molecule has 2 heteroatoms. The monoisotopic (exact) mass is 208 g/mol. The van der Waals surface area contributed by atoms with E-state index in [0.717, 1.165) is 6.61 Å². The number of hydrogen-bond acceptors (Lipinski definition) is 2. The van der Waals surface area contributed by atoms with Crippen molar-refractivity contribution < 1.29 is 9.53 Å². The van der Waals surface area contributed by atoms with Crippen LogP contribution in [0.3, 0.4) is 0 Å². The molecular weight excluding hydrogens is 188 g/mol. The van der Waals surface area contributed by atoms with E-state index in [1.165, 1.54) is 30.4 Å². The summed E-state index contributed by atoms with van der Waals surface area (Å²) in [6, 6.07) is 0. The maximum Gasteiger partial charge on any atom is 0.132 e. The molecule has 15 heavy (non-hydrogen) atoms. The topological polar surface area (TPSA) is 26.3 Å². The molecule has 1 aliphatic heterocycles. The first-order chi connectivity index (χ1) is 7.00. The first-order valence-corrected chi connectivity index (χ1v) is 5.84.